The Morgan fingerprint density at radius 2 is 2.00 bits per heavy atom. The molecule has 0 amide bonds. The third-order valence-electron chi connectivity index (χ3n) is 1.69. The topological polar surface area (TPSA) is 18.5 Å². The molecule has 0 radical (unpaired) electrons. The van der Waals surface area contributed by atoms with E-state index < -0.39 is 0 Å². The van der Waals surface area contributed by atoms with Crippen molar-refractivity contribution in [2.45, 2.75) is 38.9 Å². The number of hydrogen-bond donors (Lipinski definition) is 0. The van der Waals surface area contributed by atoms with Crippen LogP contribution in [0.3, 0.4) is 0 Å². The van der Waals surface area contributed by atoms with Crippen molar-refractivity contribution < 1.29 is 9.47 Å². The quantitative estimate of drug-likeness (QED) is 0.602. The largest absolute Gasteiger partial charge is 0.353 e. The molecule has 0 aromatic rings. The van der Waals surface area contributed by atoms with E-state index in [4.69, 9.17) is 9.47 Å². The van der Waals surface area contributed by atoms with Crippen LogP contribution >= 0.6 is 0 Å². The van der Waals surface area contributed by atoms with Gasteiger partial charge in [-0.3, -0.25) is 0 Å². The monoisotopic (exact) mass is 144 g/mol. The standard InChI is InChI=1S/C8H16O2/c1-2-3-5-8-9-6-4-7-10-8/h8H,2-7H2,1H3. The minimum atomic E-state index is 0.105. The Kier molecular flexibility index (Phi) is 3.76. The fourth-order valence-electron chi connectivity index (χ4n) is 1.07. The normalized spacial score (nSPS) is 21.3. The van der Waals surface area contributed by atoms with Crippen LogP contribution in [-0.2, 0) is 9.47 Å². The Bertz CT molecular complexity index is 77.3. The van der Waals surface area contributed by atoms with E-state index in [1.807, 2.05) is 0 Å². The molecule has 1 aliphatic rings. The summed E-state index contributed by atoms with van der Waals surface area (Å²) in [6.07, 6.45) is 4.67. The molecule has 0 unspecified atom stereocenters. The Morgan fingerprint density at radius 1 is 1.30 bits per heavy atom. The minimum Gasteiger partial charge on any atom is -0.353 e. The van der Waals surface area contributed by atoms with Gasteiger partial charge in [0.25, 0.3) is 0 Å². The van der Waals surface area contributed by atoms with Crippen molar-refractivity contribution in [3.05, 3.63) is 0 Å². The first kappa shape index (κ1) is 8.02. The molecule has 1 heterocycles. The van der Waals surface area contributed by atoms with Gasteiger partial charge < -0.3 is 9.47 Å². The van der Waals surface area contributed by atoms with Crippen LogP contribution < -0.4 is 0 Å². The zero-order valence-electron chi connectivity index (χ0n) is 6.64. The average Bonchev–Trinajstić information content (AvgIpc) is 2.03. The highest BCUT2D eigenvalue weighted by molar-refractivity contribution is 4.51. The van der Waals surface area contributed by atoms with E-state index in [0.717, 1.165) is 26.1 Å². The van der Waals surface area contributed by atoms with Gasteiger partial charge >= 0.3 is 0 Å². The number of ether oxygens (including phenoxy) is 2. The van der Waals surface area contributed by atoms with Gasteiger partial charge in [-0.2, -0.15) is 0 Å². The van der Waals surface area contributed by atoms with Gasteiger partial charge in [0, 0.05) is 0 Å². The van der Waals surface area contributed by atoms with Crippen molar-refractivity contribution in [2.24, 2.45) is 0 Å². The second kappa shape index (κ2) is 4.69. The van der Waals surface area contributed by atoms with Crippen molar-refractivity contribution >= 4 is 0 Å². The summed E-state index contributed by atoms with van der Waals surface area (Å²) in [6.45, 7) is 3.95. The van der Waals surface area contributed by atoms with Crippen LogP contribution in [0.5, 0.6) is 0 Å². The number of rotatable bonds is 3. The molecule has 1 aliphatic heterocycles. The van der Waals surface area contributed by atoms with Gasteiger partial charge in [-0.25, -0.2) is 0 Å². The summed E-state index contributed by atoms with van der Waals surface area (Å²) in [4.78, 5) is 0. The van der Waals surface area contributed by atoms with Crippen LogP contribution in [0, 0.1) is 0 Å². The summed E-state index contributed by atoms with van der Waals surface area (Å²) < 4.78 is 10.7. The molecule has 0 aliphatic carbocycles. The molecule has 0 aromatic carbocycles. The average molecular weight is 144 g/mol. The molecule has 1 rings (SSSR count). The molecule has 0 aromatic heterocycles. The lowest BCUT2D eigenvalue weighted by molar-refractivity contribution is -0.181. The Morgan fingerprint density at radius 3 is 2.60 bits per heavy atom. The fraction of sp³-hybridized carbons (Fsp3) is 1.00. The molecule has 0 atom stereocenters. The van der Waals surface area contributed by atoms with Crippen molar-refractivity contribution in [3.8, 4) is 0 Å². The van der Waals surface area contributed by atoms with Gasteiger partial charge in [0.1, 0.15) is 0 Å². The predicted molar refractivity (Wildman–Crippen MR) is 39.8 cm³/mol. The maximum atomic E-state index is 5.36. The Labute approximate surface area is 62.5 Å². The zero-order valence-corrected chi connectivity index (χ0v) is 6.64. The number of unbranched alkanes of at least 4 members (excludes halogenated alkanes) is 1. The second-order valence-corrected chi connectivity index (χ2v) is 2.67. The SMILES string of the molecule is CCCCC1OCCCO1. The summed E-state index contributed by atoms with van der Waals surface area (Å²) in [5.74, 6) is 0. The molecule has 10 heavy (non-hydrogen) atoms. The smallest absolute Gasteiger partial charge is 0.157 e. The van der Waals surface area contributed by atoms with E-state index in [1.54, 1.807) is 0 Å². The van der Waals surface area contributed by atoms with Gasteiger partial charge in [-0.05, 0) is 19.3 Å². The van der Waals surface area contributed by atoms with E-state index in [-0.39, 0.29) is 6.29 Å². The molecule has 1 fully saturated rings. The predicted octanol–water partition coefficient (Wildman–Crippen LogP) is 1.94. The van der Waals surface area contributed by atoms with Crippen LogP contribution in [0.1, 0.15) is 32.6 Å². The van der Waals surface area contributed by atoms with Crippen LogP contribution in [-0.4, -0.2) is 19.5 Å². The van der Waals surface area contributed by atoms with E-state index in [9.17, 15) is 0 Å². The van der Waals surface area contributed by atoms with E-state index in [1.165, 1.54) is 12.8 Å². The molecule has 0 spiro atoms. The highest BCUT2D eigenvalue weighted by Gasteiger charge is 2.12. The van der Waals surface area contributed by atoms with Crippen LogP contribution in [0.25, 0.3) is 0 Å². The van der Waals surface area contributed by atoms with E-state index in [2.05, 4.69) is 6.92 Å². The van der Waals surface area contributed by atoms with E-state index >= 15 is 0 Å². The van der Waals surface area contributed by atoms with Gasteiger partial charge in [0.05, 0.1) is 13.2 Å². The molecule has 0 N–H and O–H groups in total. The summed E-state index contributed by atoms with van der Waals surface area (Å²) >= 11 is 0. The Balaban J connectivity index is 2.02. The van der Waals surface area contributed by atoms with Crippen LogP contribution in [0.4, 0.5) is 0 Å². The maximum Gasteiger partial charge on any atom is 0.157 e. The number of hydrogen-bond acceptors (Lipinski definition) is 2. The fourth-order valence-corrected chi connectivity index (χ4v) is 1.07. The molecule has 2 heteroatoms. The Hall–Kier alpha value is -0.0800. The third-order valence-corrected chi connectivity index (χ3v) is 1.69. The molecule has 0 saturated carbocycles. The van der Waals surface area contributed by atoms with Crippen LogP contribution in [0.15, 0.2) is 0 Å². The summed E-state index contributed by atoms with van der Waals surface area (Å²) in [5, 5.41) is 0. The highest BCUT2D eigenvalue weighted by Crippen LogP contribution is 2.10. The van der Waals surface area contributed by atoms with Crippen molar-refractivity contribution in [1.82, 2.24) is 0 Å². The zero-order chi connectivity index (χ0) is 7.23. The highest BCUT2D eigenvalue weighted by atomic mass is 16.7. The first-order chi connectivity index (χ1) is 4.93. The van der Waals surface area contributed by atoms with Gasteiger partial charge in [0.15, 0.2) is 6.29 Å². The van der Waals surface area contributed by atoms with Crippen molar-refractivity contribution in [1.29, 1.82) is 0 Å². The lowest BCUT2D eigenvalue weighted by Crippen LogP contribution is -2.24. The lowest BCUT2D eigenvalue weighted by atomic mass is 10.2. The third kappa shape index (κ3) is 2.67. The first-order valence-electron chi connectivity index (χ1n) is 4.16. The van der Waals surface area contributed by atoms with Crippen molar-refractivity contribution in [2.75, 3.05) is 13.2 Å². The molecule has 2 nitrogen and oxygen atoms in total. The summed E-state index contributed by atoms with van der Waals surface area (Å²) in [7, 11) is 0. The van der Waals surface area contributed by atoms with Crippen molar-refractivity contribution in [3.63, 3.8) is 0 Å². The summed E-state index contributed by atoms with van der Waals surface area (Å²) in [6, 6.07) is 0. The maximum absolute atomic E-state index is 5.36. The second-order valence-electron chi connectivity index (χ2n) is 2.67. The van der Waals surface area contributed by atoms with Gasteiger partial charge in [-0.1, -0.05) is 13.3 Å². The van der Waals surface area contributed by atoms with Gasteiger partial charge in [0.2, 0.25) is 0 Å². The molecular formula is C8H16O2. The molecule has 1 saturated heterocycles. The molecule has 60 valence electrons. The van der Waals surface area contributed by atoms with Crippen LogP contribution in [0.2, 0.25) is 0 Å². The molecular weight excluding hydrogens is 128 g/mol. The van der Waals surface area contributed by atoms with Gasteiger partial charge in [-0.15, -0.1) is 0 Å². The summed E-state index contributed by atoms with van der Waals surface area (Å²) in [5.41, 5.74) is 0. The van der Waals surface area contributed by atoms with E-state index in [0.29, 0.717) is 0 Å². The lowest BCUT2D eigenvalue weighted by Gasteiger charge is -2.22. The molecule has 0 bridgehead atoms. The first-order valence-corrected chi connectivity index (χ1v) is 4.16. The minimum absolute atomic E-state index is 0.105.